The monoisotopic (exact) mass is 603 g/mol. The highest BCUT2D eigenvalue weighted by Crippen LogP contribution is 2.30. The molecular weight excluding hydrogens is 578 g/mol. The molecule has 0 heterocycles. The van der Waals surface area contributed by atoms with E-state index < -0.39 is 10.8 Å². The topological polar surface area (TPSA) is 112 Å². The quantitative estimate of drug-likeness (QED) is 0.110. The second-order valence-electron chi connectivity index (χ2n) is 8.47. The van der Waals surface area contributed by atoms with E-state index in [4.69, 9.17) is 14.2 Å². The Kier molecular flexibility index (Phi) is 9.84. The average molecular weight is 604 g/mol. The van der Waals surface area contributed by atoms with Gasteiger partial charge in [0.25, 0.3) is 11.6 Å². The molecule has 4 aromatic rings. The number of benzene rings is 4. The number of nitro groups is 1. The van der Waals surface area contributed by atoms with Gasteiger partial charge in [-0.25, -0.2) is 5.43 Å². The number of carbonyl (C=O) groups excluding carboxylic acids is 1. The fourth-order valence-corrected chi connectivity index (χ4v) is 4.04. The molecule has 0 radical (unpaired) electrons. The average Bonchev–Trinajstić information content (AvgIpc) is 2.97. The predicted octanol–water partition coefficient (Wildman–Crippen LogP) is 6.68. The summed E-state index contributed by atoms with van der Waals surface area (Å²) in [4.78, 5) is 22.8. The number of nitrogens with zero attached hydrogens (tertiary/aromatic N) is 2. The molecule has 0 aliphatic carbocycles. The highest BCUT2D eigenvalue weighted by molar-refractivity contribution is 9.10. The minimum absolute atomic E-state index is 0.123. The van der Waals surface area contributed by atoms with E-state index in [2.05, 4.69) is 26.5 Å². The maximum absolute atomic E-state index is 12.4. The Hall–Kier alpha value is -4.70. The maximum Gasteiger partial charge on any atom is 0.271 e. The van der Waals surface area contributed by atoms with Crippen LogP contribution in [0.15, 0.2) is 101 Å². The van der Waals surface area contributed by atoms with Gasteiger partial charge in [-0.2, -0.15) is 5.10 Å². The Morgan fingerprint density at radius 1 is 0.875 bits per heavy atom. The summed E-state index contributed by atoms with van der Waals surface area (Å²) in [5, 5.41) is 15.0. The van der Waals surface area contributed by atoms with Gasteiger partial charge in [0.2, 0.25) is 0 Å². The first-order valence-corrected chi connectivity index (χ1v) is 13.1. The molecule has 0 aromatic heterocycles. The van der Waals surface area contributed by atoms with Crippen molar-refractivity contribution in [1.82, 2.24) is 5.43 Å². The standard InChI is InChI=1S/C30H26BrN3O6/c1-2-38-29-15-22(11-13-28(29)40-19-21-7-4-3-5-8-21)20-39-27-14-12-25(31)16-24(27)18-32-33-30(35)23-9-6-10-26(17-23)34(36)37/h3-18H,2,19-20H2,1H3,(H,33,35)/b32-18+. The molecule has 0 bridgehead atoms. The third-order valence-corrected chi connectivity index (χ3v) is 6.09. The minimum atomic E-state index is -0.574. The molecule has 1 amide bonds. The Bertz CT molecular complexity index is 1510. The summed E-state index contributed by atoms with van der Waals surface area (Å²) >= 11 is 3.44. The van der Waals surface area contributed by atoms with Crippen molar-refractivity contribution in [3.63, 3.8) is 0 Å². The number of ether oxygens (including phenoxy) is 3. The van der Waals surface area contributed by atoms with Crippen LogP contribution in [-0.2, 0) is 13.2 Å². The van der Waals surface area contributed by atoms with Crippen molar-refractivity contribution in [2.45, 2.75) is 20.1 Å². The number of hydrogen-bond acceptors (Lipinski definition) is 7. The number of amides is 1. The van der Waals surface area contributed by atoms with Crippen LogP contribution in [0.3, 0.4) is 0 Å². The molecule has 0 unspecified atom stereocenters. The second kappa shape index (κ2) is 13.9. The molecule has 4 rings (SSSR count). The summed E-state index contributed by atoms with van der Waals surface area (Å²) in [6.45, 7) is 3.08. The zero-order chi connectivity index (χ0) is 28.3. The number of nitro benzene ring substituents is 1. The van der Waals surface area contributed by atoms with Gasteiger partial charge >= 0.3 is 0 Å². The van der Waals surface area contributed by atoms with Crippen LogP contribution in [0.2, 0.25) is 0 Å². The normalized spacial score (nSPS) is 10.8. The molecule has 0 saturated heterocycles. The van der Waals surface area contributed by atoms with Crippen LogP contribution in [0.5, 0.6) is 17.2 Å². The lowest BCUT2D eigenvalue weighted by Gasteiger charge is -2.14. The molecule has 204 valence electrons. The van der Waals surface area contributed by atoms with E-state index in [1.165, 1.54) is 30.5 Å². The Balaban J connectivity index is 1.42. The minimum Gasteiger partial charge on any atom is -0.490 e. The first kappa shape index (κ1) is 28.3. The van der Waals surface area contributed by atoms with Crippen molar-refractivity contribution in [1.29, 1.82) is 0 Å². The molecular formula is C30H26BrN3O6. The van der Waals surface area contributed by atoms with E-state index in [1.54, 1.807) is 12.1 Å². The molecule has 40 heavy (non-hydrogen) atoms. The van der Waals surface area contributed by atoms with E-state index in [-0.39, 0.29) is 17.9 Å². The van der Waals surface area contributed by atoms with Crippen LogP contribution in [0.25, 0.3) is 0 Å². The number of rotatable bonds is 12. The van der Waals surface area contributed by atoms with E-state index in [0.717, 1.165) is 15.6 Å². The first-order chi connectivity index (χ1) is 19.4. The molecule has 0 spiro atoms. The molecule has 0 aliphatic rings. The van der Waals surface area contributed by atoms with E-state index in [9.17, 15) is 14.9 Å². The lowest BCUT2D eigenvalue weighted by molar-refractivity contribution is -0.384. The number of carbonyl (C=O) groups is 1. The Morgan fingerprint density at radius 3 is 2.40 bits per heavy atom. The smallest absolute Gasteiger partial charge is 0.271 e. The molecule has 0 atom stereocenters. The van der Waals surface area contributed by atoms with Crippen LogP contribution in [-0.4, -0.2) is 23.7 Å². The molecule has 9 nitrogen and oxygen atoms in total. The number of nitrogens with one attached hydrogen (secondary N) is 1. The van der Waals surface area contributed by atoms with E-state index in [0.29, 0.717) is 36.0 Å². The fourth-order valence-electron chi connectivity index (χ4n) is 3.66. The molecule has 4 aromatic carbocycles. The van der Waals surface area contributed by atoms with Gasteiger partial charge in [0.15, 0.2) is 11.5 Å². The lowest BCUT2D eigenvalue weighted by atomic mass is 10.2. The van der Waals surface area contributed by atoms with Crippen LogP contribution in [0.1, 0.15) is 34.0 Å². The van der Waals surface area contributed by atoms with Gasteiger partial charge in [-0.3, -0.25) is 14.9 Å². The first-order valence-electron chi connectivity index (χ1n) is 12.4. The molecule has 0 fully saturated rings. The fraction of sp³-hybridized carbons (Fsp3) is 0.133. The highest BCUT2D eigenvalue weighted by atomic mass is 79.9. The summed E-state index contributed by atoms with van der Waals surface area (Å²) in [7, 11) is 0. The Labute approximate surface area is 239 Å². The third-order valence-electron chi connectivity index (χ3n) is 5.60. The largest absolute Gasteiger partial charge is 0.490 e. The summed E-state index contributed by atoms with van der Waals surface area (Å²) in [6, 6.07) is 26.4. The van der Waals surface area contributed by atoms with Crippen LogP contribution in [0.4, 0.5) is 5.69 Å². The van der Waals surface area contributed by atoms with Gasteiger partial charge in [-0.05, 0) is 54.4 Å². The molecule has 0 aliphatic heterocycles. The Morgan fingerprint density at radius 2 is 1.62 bits per heavy atom. The summed E-state index contributed by atoms with van der Waals surface area (Å²) in [6.07, 6.45) is 1.45. The molecule has 0 saturated carbocycles. The van der Waals surface area contributed by atoms with Crippen molar-refractivity contribution in [2.24, 2.45) is 5.10 Å². The molecule has 1 N–H and O–H groups in total. The third kappa shape index (κ3) is 7.90. The maximum atomic E-state index is 12.4. The number of halogens is 1. The predicted molar refractivity (Wildman–Crippen MR) is 155 cm³/mol. The van der Waals surface area contributed by atoms with Gasteiger partial charge in [-0.1, -0.05) is 58.4 Å². The van der Waals surface area contributed by atoms with Crippen LogP contribution >= 0.6 is 15.9 Å². The number of hydrazone groups is 1. The second-order valence-corrected chi connectivity index (χ2v) is 9.38. The van der Waals surface area contributed by atoms with Crippen molar-refractivity contribution < 1.29 is 23.9 Å². The van der Waals surface area contributed by atoms with E-state index in [1.807, 2.05) is 61.5 Å². The van der Waals surface area contributed by atoms with Crippen molar-refractivity contribution >= 4 is 33.7 Å². The highest BCUT2D eigenvalue weighted by Gasteiger charge is 2.12. The van der Waals surface area contributed by atoms with Crippen molar-refractivity contribution in [3.8, 4) is 17.2 Å². The van der Waals surface area contributed by atoms with Gasteiger partial charge in [-0.15, -0.1) is 0 Å². The van der Waals surface area contributed by atoms with Gasteiger partial charge in [0.05, 0.1) is 17.7 Å². The number of hydrogen-bond donors (Lipinski definition) is 1. The summed E-state index contributed by atoms with van der Waals surface area (Å²) in [5.74, 6) is 1.24. The van der Waals surface area contributed by atoms with Gasteiger partial charge in [0.1, 0.15) is 19.0 Å². The SMILES string of the molecule is CCOc1cc(COc2ccc(Br)cc2/C=N/NC(=O)c2cccc([N+](=O)[O-])c2)ccc1OCc1ccccc1. The van der Waals surface area contributed by atoms with Crippen LogP contribution in [0, 0.1) is 10.1 Å². The molecule has 10 heteroatoms. The number of non-ortho nitro benzene ring substituents is 1. The van der Waals surface area contributed by atoms with Crippen LogP contribution < -0.4 is 19.6 Å². The van der Waals surface area contributed by atoms with Crippen molar-refractivity contribution in [3.05, 3.63) is 128 Å². The summed E-state index contributed by atoms with van der Waals surface area (Å²) < 4.78 is 18.7. The van der Waals surface area contributed by atoms with Gasteiger partial charge in [0, 0.05) is 27.7 Å². The van der Waals surface area contributed by atoms with Gasteiger partial charge < -0.3 is 14.2 Å². The lowest BCUT2D eigenvalue weighted by Crippen LogP contribution is -2.17. The van der Waals surface area contributed by atoms with E-state index >= 15 is 0 Å². The summed E-state index contributed by atoms with van der Waals surface area (Å²) in [5.41, 5.74) is 4.88. The zero-order valence-electron chi connectivity index (χ0n) is 21.6. The zero-order valence-corrected chi connectivity index (χ0v) is 23.2. The van der Waals surface area contributed by atoms with Crippen molar-refractivity contribution in [2.75, 3.05) is 6.61 Å².